The first-order valence-corrected chi connectivity index (χ1v) is 10.9. The van der Waals surface area contributed by atoms with Crippen LogP contribution in [-0.2, 0) is 0 Å². The summed E-state index contributed by atoms with van der Waals surface area (Å²) < 4.78 is 13.1. The summed E-state index contributed by atoms with van der Waals surface area (Å²) in [5, 5.41) is 10.8. The van der Waals surface area contributed by atoms with Gasteiger partial charge in [-0.15, -0.1) is 0 Å². The van der Waals surface area contributed by atoms with Crippen LogP contribution in [-0.4, -0.2) is 72.4 Å². The Morgan fingerprint density at radius 2 is 1.44 bits per heavy atom. The average Bonchev–Trinajstić information content (AvgIpc) is 2.98. The number of rotatable bonds is 3. The number of nitrogens with zero attached hydrogens (tertiary/aromatic N) is 3. The van der Waals surface area contributed by atoms with E-state index in [1.165, 1.54) is 25.7 Å². The number of aliphatic hydroxyl groups excluding tert-OH is 1. The number of β-amino-alcohol motifs (C(OH)–C–C–N with tert-alkyl or cyclic N) is 1. The maximum atomic E-state index is 13.1. The van der Waals surface area contributed by atoms with Gasteiger partial charge in [0.25, 0.3) is 0 Å². The van der Waals surface area contributed by atoms with E-state index in [1.54, 1.807) is 12.1 Å². The van der Waals surface area contributed by atoms with Gasteiger partial charge in [-0.05, 0) is 69.5 Å². The second-order valence-corrected chi connectivity index (χ2v) is 8.56. The molecule has 0 aromatic heterocycles. The summed E-state index contributed by atoms with van der Waals surface area (Å²) in [7, 11) is 0. The van der Waals surface area contributed by atoms with E-state index in [1.807, 2.05) is 12.1 Å². The lowest BCUT2D eigenvalue weighted by molar-refractivity contribution is -0.0279. The van der Waals surface area contributed by atoms with Crippen LogP contribution in [0.2, 0.25) is 0 Å². The zero-order valence-corrected chi connectivity index (χ0v) is 16.4. The molecule has 1 aromatic carbocycles. The Balaban J connectivity index is 1.28. The highest BCUT2D eigenvalue weighted by atomic mass is 19.1. The molecule has 27 heavy (non-hydrogen) atoms. The van der Waals surface area contributed by atoms with Gasteiger partial charge in [0.1, 0.15) is 5.82 Å². The molecular formula is C22H34FN3O. The van der Waals surface area contributed by atoms with Gasteiger partial charge in [0.15, 0.2) is 0 Å². The summed E-state index contributed by atoms with van der Waals surface area (Å²) in [5.41, 5.74) is 1.12. The van der Waals surface area contributed by atoms with Gasteiger partial charge in [0.05, 0.1) is 6.10 Å². The monoisotopic (exact) mass is 375 g/mol. The fourth-order valence-corrected chi connectivity index (χ4v) is 5.27. The molecule has 0 bridgehead atoms. The van der Waals surface area contributed by atoms with Crippen LogP contribution >= 0.6 is 0 Å². The van der Waals surface area contributed by atoms with E-state index < -0.39 is 0 Å². The molecular weight excluding hydrogens is 341 g/mol. The van der Waals surface area contributed by atoms with E-state index in [0.29, 0.717) is 12.1 Å². The Labute approximate surface area is 162 Å². The molecule has 3 heterocycles. The minimum Gasteiger partial charge on any atom is -0.390 e. The number of likely N-dealkylation sites (tertiary alicyclic amines) is 2. The third kappa shape index (κ3) is 4.64. The summed E-state index contributed by atoms with van der Waals surface area (Å²) in [4.78, 5) is 7.45. The highest BCUT2D eigenvalue weighted by molar-refractivity contribution is 5.46. The van der Waals surface area contributed by atoms with Crippen molar-refractivity contribution in [2.24, 2.45) is 0 Å². The van der Waals surface area contributed by atoms with Crippen molar-refractivity contribution in [3.8, 4) is 0 Å². The first-order chi connectivity index (χ1) is 13.2. The van der Waals surface area contributed by atoms with Crippen LogP contribution in [0.15, 0.2) is 24.3 Å². The van der Waals surface area contributed by atoms with E-state index in [-0.39, 0.29) is 11.9 Å². The number of anilines is 1. The third-order valence-electron chi connectivity index (χ3n) is 6.86. The highest BCUT2D eigenvalue weighted by Gasteiger charge is 2.35. The molecule has 150 valence electrons. The maximum absolute atomic E-state index is 13.1. The molecule has 0 amide bonds. The predicted molar refractivity (Wildman–Crippen MR) is 108 cm³/mol. The molecule has 1 aromatic rings. The number of hydrogen-bond donors (Lipinski definition) is 1. The number of piperidine rings is 2. The first kappa shape index (κ1) is 19.2. The van der Waals surface area contributed by atoms with Gasteiger partial charge in [-0.3, -0.25) is 9.80 Å². The molecule has 0 unspecified atom stereocenters. The van der Waals surface area contributed by atoms with Crippen molar-refractivity contribution in [3.05, 3.63) is 30.1 Å². The molecule has 5 heteroatoms. The minimum atomic E-state index is -0.216. The number of hydrogen-bond acceptors (Lipinski definition) is 4. The second-order valence-electron chi connectivity index (χ2n) is 8.56. The lowest BCUT2D eigenvalue weighted by Crippen LogP contribution is -2.57. The summed E-state index contributed by atoms with van der Waals surface area (Å²) in [6.45, 7) is 6.29. The van der Waals surface area contributed by atoms with E-state index in [2.05, 4.69) is 14.7 Å². The molecule has 4 rings (SSSR count). The maximum Gasteiger partial charge on any atom is 0.123 e. The SMILES string of the molecule is O[C@@H]1CN(C2CCN(c3ccc(F)cc3)CC2)CC[C@H]1N1CCCCCC1. The van der Waals surface area contributed by atoms with Crippen molar-refractivity contribution in [2.75, 3.05) is 44.2 Å². The largest absolute Gasteiger partial charge is 0.390 e. The van der Waals surface area contributed by atoms with Crippen LogP contribution in [0.25, 0.3) is 0 Å². The minimum absolute atomic E-state index is 0.171. The van der Waals surface area contributed by atoms with Crippen LogP contribution in [0.3, 0.4) is 0 Å². The lowest BCUT2D eigenvalue weighted by Gasteiger charge is -2.46. The summed E-state index contributed by atoms with van der Waals surface area (Å²) in [6, 6.07) is 7.79. The smallest absolute Gasteiger partial charge is 0.123 e. The molecule has 0 saturated carbocycles. The summed E-state index contributed by atoms with van der Waals surface area (Å²) >= 11 is 0. The van der Waals surface area contributed by atoms with Crippen molar-refractivity contribution < 1.29 is 9.50 Å². The topological polar surface area (TPSA) is 30.0 Å². The number of aliphatic hydroxyl groups is 1. The predicted octanol–water partition coefficient (Wildman–Crippen LogP) is 3.11. The average molecular weight is 376 g/mol. The van der Waals surface area contributed by atoms with E-state index >= 15 is 0 Å². The Bertz CT molecular complexity index is 580. The van der Waals surface area contributed by atoms with Gasteiger partial charge >= 0.3 is 0 Å². The van der Waals surface area contributed by atoms with Crippen LogP contribution in [0.4, 0.5) is 10.1 Å². The van der Waals surface area contributed by atoms with Crippen molar-refractivity contribution in [2.45, 2.75) is 63.1 Å². The molecule has 3 saturated heterocycles. The molecule has 0 aliphatic carbocycles. The Hall–Kier alpha value is -1.17. The molecule has 0 radical (unpaired) electrons. The van der Waals surface area contributed by atoms with Crippen LogP contribution in [0.1, 0.15) is 44.9 Å². The van der Waals surface area contributed by atoms with E-state index in [0.717, 1.165) is 64.2 Å². The van der Waals surface area contributed by atoms with Crippen LogP contribution in [0, 0.1) is 5.82 Å². The standard InChI is InChI=1S/C22H34FN3O/c23-18-5-7-19(8-6-18)24-14-9-20(10-15-24)26-16-11-21(22(27)17-26)25-12-3-1-2-4-13-25/h5-8,20-22,27H,1-4,9-17H2/t21-,22-/m1/s1. The van der Waals surface area contributed by atoms with Crippen molar-refractivity contribution >= 4 is 5.69 Å². The summed E-state index contributed by atoms with van der Waals surface area (Å²) in [6.07, 6.45) is 8.39. The lowest BCUT2D eigenvalue weighted by atomic mass is 9.95. The van der Waals surface area contributed by atoms with Crippen molar-refractivity contribution in [1.82, 2.24) is 9.80 Å². The molecule has 3 aliphatic heterocycles. The zero-order chi connectivity index (χ0) is 18.6. The van der Waals surface area contributed by atoms with Gasteiger partial charge in [0.2, 0.25) is 0 Å². The fraction of sp³-hybridized carbons (Fsp3) is 0.727. The third-order valence-corrected chi connectivity index (χ3v) is 6.86. The second kappa shape index (κ2) is 8.89. The molecule has 3 aliphatic rings. The van der Waals surface area contributed by atoms with Gasteiger partial charge in [0, 0.05) is 44.0 Å². The van der Waals surface area contributed by atoms with Crippen LogP contribution < -0.4 is 4.90 Å². The van der Waals surface area contributed by atoms with Gasteiger partial charge in [-0.1, -0.05) is 12.8 Å². The van der Waals surface area contributed by atoms with Gasteiger partial charge < -0.3 is 10.0 Å². The molecule has 0 spiro atoms. The Kier molecular flexibility index (Phi) is 6.31. The Morgan fingerprint density at radius 1 is 0.778 bits per heavy atom. The number of halogens is 1. The van der Waals surface area contributed by atoms with E-state index in [4.69, 9.17) is 0 Å². The van der Waals surface area contributed by atoms with Crippen LogP contribution in [0.5, 0.6) is 0 Å². The normalized spacial score (nSPS) is 29.6. The fourth-order valence-electron chi connectivity index (χ4n) is 5.27. The number of benzene rings is 1. The molecule has 3 fully saturated rings. The molecule has 1 N–H and O–H groups in total. The van der Waals surface area contributed by atoms with Crippen molar-refractivity contribution in [3.63, 3.8) is 0 Å². The van der Waals surface area contributed by atoms with Gasteiger partial charge in [-0.2, -0.15) is 0 Å². The summed E-state index contributed by atoms with van der Waals surface area (Å²) in [5.74, 6) is -0.171. The van der Waals surface area contributed by atoms with Gasteiger partial charge in [-0.25, -0.2) is 4.39 Å². The quantitative estimate of drug-likeness (QED) is 0.879. The first-order valence-electron chi connectivity index (χ1n) is 10.9. The van der Waals surface area contributed by atoms with Crippen molar-refractivity contribution in [1.29, 1.82) is 0 Å². The van der Waals surface area contributed by atoms with E-state index in [9.17, 15) is 9.50 Å². The molecule has 4 nitrogen and oxygen atoms in total. The Morgan fingerprint density at radius 3 is 2.07 bits per heavy atom. The zero-order valence-electron chi connectivity index (χ0n) is 16.4. The molecule has 2 atom stereocenters. The highest BCUT2D eigenvalue weighted by Crippen LogP contribution is 2.27.